The van der Waals surface area contributed by atoms with Crippen LogP contribution in [0.1, 0.15) is 35.1 Å². The van der Waals surface area contributed by atoms with Crippen LogP contribution in [0.3, 0.4) is 0 Å². The van der Waals surface area contributed by atoms with E-state index in [1.807, 2.05) is 12.1 Å². The maximum Gasteiger partial charge on any atom is 0.303 e. The second-order valence-corrected chi connectivity index (χ2v) is 9.76. The van der Waals surface area contributed by atoms with Gasteiger partial charge >= 0.3 is 5.97 Å². The smallest absolute Gasteiger partial charge is 0.303 e. The topological polar surface area (TPSA) is 136 Å². The molecule has 2 aromatic rings. The van der Waals surface area contributed by atoms with Crippen molar-refractivity contribution in [3.05, 3.63) is 73.8 Å². The van der Waals surface area contributed by atoms with E-state index in [-0.39, 0.29) is 30.4 Å². The van der Waals surface area contributed by atoms with Crippen LogP contribution >= 0.6 is 11.6 Å². The third-order valence-electron chi connectivity index (χ3n) is 5.34. The van der Waals surface area contributed by atoms with E-state index in [2.05, 4.69) is 9.56 Å². The van der Waals surface area contributed by atoms with Crippen LogP contribution in [-0.4, -0.2) is 37.2 Å². The number of rotatable bonds is 10. The molecule has 2 N–H and O–H groups in total. The molecule has 1 atom stereocenters. The summed E-state index contributed by atoms with van der Waals surface area (Å²) in [6.45, 7) is -0.114. The fraction of sp³-hybridized carbons (Fsp3) is 0.381. The van der Waals surface area contributed by atoms with Gasteiger partial charge < -0.3 is 9.94 Å². The zero-order valence-corrected chi connectivity index (χ0v) is 18.7. The molecule has 9 nitrogen and oxygen atoms in total. The van der Waals surface area contributed by atoms with Gasteiger partial charge in [0, 0.05) is 17.5 Å². The van der Waals surface area contributed by atoms with Crippen molar-refractivity contribution in [1.29, 1.82) is 0 Å². The number of fused-ring (bicyclic) bond motifs is 1. The summed E-state index contributed by atoms with van der Waals surface area (Å²) in [5.41, 5.74) is 3.60. The predicted molar refractivity (Wildman–Crippen MR) is 117 cm³/mol. The number of benzene rings is 2. The number of hydrogen-bond acceptors (Lipinski definition) is 6. The maximum absolute atomic E-state index is 12.7. The third kappa shape index (κ3) is 6.41. The molecule has 0 aromatic heterocycles. The molecule has 0 saturated heterocycles. The normalized spacial score (nSPS) is 15.7. The minimum atomic E-state index is -3.73. The first-order valence-electron chi connectivity index (χ1n) is 10.0. The molecule has 11 heteroatoms. The minimum absolute atomic E-state index is 0.0338. The van der Waals surface area contributed by atoms with Gasteiger partial charge in [0.15, 0.2) is 0 Å². The molecule has 32 heavy (non-hydrogen) atoms. The number of aryl methyl sites for hydroxylation is 1. The Morgan fingerprint density at radius 2 is 1.97 bits per heavy atom. The quantitative estimate of drug-likeness (QED) is 0.392. The first-order valence-corrected chi connectivity index (χ1v) is 11.9. The van der Waals surface area contributed by atoms with Gasteiger partial charge in [-0.2, -0.15) is 0 Å². The predicted octanol–water partition coefficient (Wildman–Crippen LogP) is 2.94. The number of carboxylic acids is 1. The van der Waals surface area contributed by atoms with Gasteiger partial charge in [0.2, 0.25) is 10.0 Å². The number of aliphatic carboxylic acids is 1. The Bertz CT molecular complexity index is 1100. The van der Waals surface area contributed by atoms with Crippen LogP contribution in [0.4, 0.5) is 0 Å². The zero-order valence-electron chi connectivity index (χ0n) is 17.1. The monoisotopic (exact) mass is 482 g/mol. The van der Waals surface area contributed by atoms with Crippen molar-refractivity contribution >= 4 is 27.6 Å². The molecule has 0 bridgehead atoms. The molecule has 172 valence electrons. The first kappa shape index (κ1) is 24.0. The van der Waals surface area contributed by atoms with E-state index in [9.17, 15) is 23.3 Å². The zero-order chi connectivity index (χ0) is 23.3. The minimum Gasteiger partial charge on any atom is -0.481 e. The van der Waals surface area contributed by atoms with Crippen molar-refractivity contribution in [2.24, 2.45) is 0 Å². The molecule has 3 rings (SSSR count). The SMILES string of the molecule is O=C(O)CCc1cc(CCO[N+](=O)[O-])cc2c1CCC(NS(=O)(=O)c1ccc(Cl)cc1)C2. The van der Waals surface area contributed by atoms with Crippen LogP contribution in [0.15, 0.2) is 41.3 Å². The van der Waals surface area contributed by atoms with E-state index in [1.165, 1.54) is 24.3 Å². The van der Waals surface area contributed by atoms with Crippen LogP contribution in [-0.2, 0) is 45.3 Å². The summed E-state index contributed by atoms with van der Waals surface area (Å²) >= 11 is 5.84. The van der Waals surface area contributed by atoms with Crippen LogP contribution in [0.5, 0.6) is 0 Å². The maximum atomic E-state index is 12.7. The van der Waals surface area contributed by atoms with E-state index >= 15 is 0 Å². The highest BCUT2D eigenvalue weighted by atomic mass is 35.5. The number of carbonyl (C=O) groups is 1. The summed E-state index contributed by atoms with van der Waals surface area (Å²) in [4.78, 5) is 26.0. The lowest BCUT2D eigenvalue weighted by atomic mass is 9.83. The molecule has 0 spiro atoms. The van der Waals surface area contributed by atoms with E-state index in [0.717, 1.165) is 22.3 Å². The van der Waals surface area contributed by atoms with Gasteiger partial charge in [0.25, 0.3) is 5.09 Å². The summed E-state index contributed by atoms with van der Waals surface area (Å²) in [6.07, 6.45) is 2.20. The summed E-state index contributed by atoms with van der Waals surface area (Å²) in [5, 5.41) is 19.1. The van der Waals surface area contributed by atoms with Crippen molar-refractivity contribution in [3.63, 3.8) is 0 Å². The summed E-state index contributed by atoms with van der Waals surface area (Å²) in [7, 11) is -3.73. The lowest BCUT2D eigenvalue weighted by Gasteiger charge is -2.28. The fourth-order valence-corrected chi connectivity index (χ4v) is 5.30. The number of nitrogens with zero attached hydrogens (tertiary/aromatic N) is 1. The molecule has 0 aliphatic heterocycles. The van der Waals surface area contributed by atoms with Crippen LogP contribution < -0.4 is 4.72 Å². The molecule has 1 aliphatic rings. The van der Waals surface area contributed by atoms with Crippen molar-refractivity contribution in [2.75, 3.05) is 6.61 Å². The van der Waals surface area contributed by atoms with E-state index in [0.29, 0.717) is 30.7 Å². The van der Waals surface area contributed by atoms with E-state index < -0.39 is 21.1 Å². The van der Waals surface area contributed by atoms with Gasteiger partial charge in [-0.3, -0.25) is 4.79 Å². The molecule has 0 fully saturated rings. The second kappa shape index (κ2) is 10.3. The average Bonchev–Trinajstić information content (AvgIpc) is 2.71. The Morgan fingerprint density at radius 3 is 2.62 bits per heavy atom. The second-order valence-electron chi connectivity index (χ2n) is 7.61. The molecule has 0 heterocycles. The van der Waals surface area contributed by atoms with Crippen LogP contribution in [0.2, 0.25) is 5.02 Å². The molecular weight excluding hydrogens is 460 g/mol. The van der Waals surface area contributed by atoms with Crippen molar-refractivity contribution in [2.45, 2.75) is 49.5 Å². The standard InChI is InChI=1S/C21H23ClN2O7S/c22-17-2-5-19(6-3-17)32(29,30)23-18-4-7-20-15(1-8-21(25)26)11-14(12-16(20)13-18)9-10-31-24(27)28/h2-3,5-6,11-12,18,23H,1,4,7-10,13H2,(H,25,26). The number of carboxylic acid groups (broad SMARTS) is 1. The van der Waals surface area contributed by atoms with Crippen molar-refractivity contribution in [1.82, 2.24) is 4.72 Å². The number of nitrogens with one attached hydrogen (secondary N) is 1. The van der Waals surface area contributed by atoms with Gasteiger partial charge in [-0.25, -0.2) is 13.1 Å². The van der Waals surface area contributed by atoms with E-state index in [4.69, 9.17) is 16.7 Å². The number of hydrogen-bond donors (Lipinski definition) is 2. The number of sulfonamides is 1. The highest BCUT2D eigenvalue weighted by Crippen LogP contribution is 2.29. The Labute approximate surface area is 190 Å². The van der Waals surface area contributed by atoms with Gasteiger partial charge in [0.05, 0.1) is 4.90 Å². The Morgan fingerprint density at radius 1 is 1.25 bits per heavy atom. The average molecular weight is 483 g/mol. The Balaban J connectivity index is 1.80. The highest BCUT2D eigenvalue weighted by molar-refractivity contribution is 7.89. The summed E-state index contributed by atoms with van der Waals surface area (Å²) in [6, 6.07) is 9.34. The lowest BCUT2D eigenvalue weighted by Crippen LogP contribution is -2.39. The van der Waals surface area contributed by atoms with Crippen molar-refractivity contribution in [3.8, 4) is 0 Å². The van der Waals surface area contributed by atoms with Gasteiger partial charge in [0.1, 0.15) is 6.61 Å². The molecule has 0 amide bonds. The largest absolute Gasteiger partial charge is 0.481 e. The third-order valence-corrected chi connectivity index (χ3v) is 7.13. The first-order chi connectivity index (χ1) is 15.1. The molecular formula is C21H23ClN2O7S. The summed E-state index contributed by atoms with van der Waals surface area (Å²) < 4.78 is 28.2. The Hall–Kier alpha value is -2.69. The molecule has 0 radical (unpaired) electrons. The van der Waals surface area contributed by atoms with E-state index in [1.54, 1.807) is 0 Å². The van der Waals surface area contributed by atoms with Gasteiger partial charge in [-0.05, 0) is 78.6 Å². The fourth-order valence-electron chi connectivity index (χ4n) is 3.91. The molecule has 2 aromatic carbocycles. The van der Waals surface area contributed by atoms with Crippen LogP contribution in [0.25, 0.3) is 0 Å². The summed E-state index contributed by atoms with van der Waals surface area (Å²) in [5.74, 6) is -0.912. The van der Waals surface area contributed by atoms with Gasteiger partial charge in [-0.15, -0.1) is 10.1 Å². The Kier molecular flexibility index (Phi) is 7.70. The highest BCUT2D eigenvalue weighted by Gasteiger charge is 2.26. The van der Waals surface area contributed by atoms with Crippen molar-refractivity contribution < 1.29 is 28.2 Å². The number of halogens is 1. The molecule has 1 aliphatic carbocycles. The van der Waals surface area contributed by atoms with Gasteiger partial charge in [-0.1, -0.05) is 23.7 Å². The van der Waals surface area contributed by atoms with Crippen LogP contribution in [0, 0.1) is 10.1 Å². The molecule has 1 unspecified atom stereocenters. The lowest BCUT2D eigenvalue weighted by molar-refractivity contribution is -0.757. The molecule has 0 saturated carbocycles.